The molecule has 6 nitrogen and oxygen atoms in total. The molecule has 1 aromatic carbocycles. The molecule has 2 fully saturated rings. The van der Waals surface area contributed by atoms with Gasteiger partial charge >= 0.3 is 0 Å². The number of hydrogen-bond donors (Lipinski definition) is 4. The summed E-state index contributed by atoms with van der Waals surface area (Å²) in [7, 11) is 1.85. The van der Waals surface area contributed by atoms with E-state index in [0.29, 0.717) is 25.9 Å². The molecule has 0 bridgehead atoms. The Labute approximate surface area is 164 Å². The summed E-state index contributed by atoms with van der Waals surface area (Å²) in [5.74, 6) is -1.35. The molecule has 1 spiro atoms. The average molecular weight is 394 g/mol. The molecule has 1 amide bonds. The first-order chi connectivity index (χ1) is 13.4. The lowest BCUT2D eigenvalue weighted by Gasteiger charge is -2.54. The second-order valence-corrected chi connectivity index (χ2v) is 7.53. The van der Waals surface area contributed by atoms with Crippen LogP contribution in [-0.4, -0.2) is 48.4 Å². The number of anilines is 1. The minimum Gasteiger partial charge on any atom is -0.394 e. The van der Waals surface area contributed by atoms with E-state index in [-0.39, 0.29) is 17.6 Å². The molecule has 28 heavy (non-hydrogen) atoms. The molecule has 4 N–H and O–H groups in total. The highest BCUT2D eigenvalue weighted by Crippen LogP contribution is 2.45. The van der Waals surface area contributed by atoms with Crippen molar-refractivity contribution in [2.75, 3.05) is 25.5 Å². The van der Waals surface area contributed by atoms with Crippen LogP contribution in [0, 0.1) is 17.0 Å². The molecule has 0 aromatic heterocycles. The largest absolute Gasteiger partial charge is 0.394 e. The van der Waals surface area contributed by atoms with Crippen LogP contribution in [0.1, 0.15) is 32.6 Å². The second-order valence-electron chi connectivity index (χ2n) is 7.53. The van der Waals surface area contributed by atoms with Crippen molar-refractivity contribution < 1.29 is 18.7 Å². The van der Waals surface area contributed by atoms with Gasteiger partial charge in [-0.05, 0) is 43.2 Å². The van der Waals surface area contributed by atoms with Crippen LogP contribution >= 0.6 is 0 Å². The van der Waals surface area contributed by atoms with Gasteiger partial charge in [0.1, 0.15) is 11.6 Å². The Morgan fingerprint density at radius 1 is 1.36 bits per heavy atom. The van der Waals surface area contributed by atoms with E-state index >= 15 is 0 Å². The smallest absolute Gasteiger partial charge is 0.229 e. The molecule has 2 heterocycles. The van der Waals surface area contributed by atoms with E-state index in [1.165, 1.54) is 5.57 Å². The van der Waals surface area contributed by atoms with Crippen molar-refractivity contribution in [3.8, 4) is 0 Å². The predicted molar refractivity (Wildman–Crippen MR) is 103 cm³/mol. The summed E-state index contributed by atoms with van der Waals surface area (Å²) in [6, 6.07) is 3.06. The maximum Gasteiger partial charge on any atom is 0.229 e. The van der Waals surface area contributed by atoms with Crippen molar-refractivity contribution in [1.29, 1.82) is 0 Å². The van der Waals surface area contributed by atoms with Crippen molar-refractivity contribution in [3.05, 3.63) is 41.6 Å². The van der Waals surface area contributed by atoms with Crippen LogP contribution in [0.2, 0.25) is 0 Å². The first-order valence-corrected chi connectivity index (χ1v) is 9.71. The summed E-state index contributed by atoms with van der Waals surface area (Å²) in [6.45, 7) is 3.13. The van der Waals surface area contributed by atoms with Crippen LogP contribution in [0.3, 0.4) is 0 Å². The number of rotatable bonds is 7. The summed E-state index contributed by atoms with van der Waals surface area (Å²) in [5.41, 5.74) is 0.915. The summed E-state index contributed by atoms with van der Waals surface area (Å²) in [4.78, 5) is 14.2. The maximum absolute atomic E-state index is 13.3. The third kappa shape index (κ3) is 3.98. The fraction of sp³-hybridized carbons (Fsp3) is 0.550. The molecule has 1 aromatic rings. The lowest BCUT2D eigenvalue weighted by atomic mass is 9.63. The van der Waals surface area contributed by atoms with E-state index in [2.05, 4.69) is 22.9 Å². The van der Waals surface area contributed by atoms with E-state index in [1.54, 1.807) is 4.90 Å². The molecule has 2 aliphatic rings. The Hall–Kier alpha value is -2.19. The first-order valence-electron chi connectivity index (χ1n) is 9.71. The quantitative estimate of drug-likeness (QED) is 0.421. The predicted octanol–water partition coefficient (Wildman–Crippen LogP) is 2.14. The lowest BCUT2D eigenvalue weighted by molar-refractivity contribution is -0.151. The van der Waals surface area contributed by atoms with Gasteiger partial charge in [0.2, 0.25) is 5.91 Å². The van der Waals surface area contributed by atoms with Gasteiger partial charge in [-0.1, -0.05) is 13.3 Å². The fourth-order valence-electron chi connectivity index (χ4n) is 4.25. The van der Waals surface area contributed by atoms with Crippen LogP contribution in [0.15, 0.2) is 30.0 Å². The SMILES string of the molecule is CCC/C(=C\NC)C1NC(=O)C12CCN(C(O)Nc1cc(F)cc(F)c1)CC2. The zero-order chi connectivity index (χ0) is 20.3. The van der Waals surface area contributed by atoms with Gasteiger partial charge in [-0.25, -0.2) is 8.78 Å². The van der Waals surface area contributed by atoms with Crippen molar-refractivity contribution in [2.45, 2.75) is 45.0 Å². The Bertz CT molecular complexity index is 727. The van der Waals surface area contributed by atoms with Gasteiger partial charge < -0.3 is 21.1 Å². The molecule has 0 aliphatic carbocycles. The molecule has 2 aliphatic heterocycles. The molecular formula is C20H28F2N4O2. The highest BCUT2D eigenvalue weighted by molar-refractivity contribution is 5.91. The average Bonchev–Trinajstić information content (AvgIpc) is 2.65. The fourth-order valence-corrected chi connectivity index (χ4v) is 4.25. The number of carbonyl (C=O) groups is 1. The van der Waals surface area contributed by atoms with Crippen LogP contribution in [-0.2, 0) is 4.79 Å². The third-order valence-corrected chi connectivity index (χ3v) is 5.71. The maximum atomic E-state index is 13.3. The van der Waals surface area contributed by atoms with E-state index in [4.69, 9.17) is 0 Å². The van der Waals surface area contributed by atoms with Gasteiger partial charge in [-0.15, -0.1) is 0 Å². The van der Waals surface area contributed by atoms with Crippen LogP contribution in [0.5, 0.6) is 0 Å². The number of halogens is 2. The number of aliphatic hydroxyl groups is 1. The number of β-lactam (4-membered cyclic amide) rings is 1. The van der Waals surface area contributed by atoms with E-state index in [9.17, 15) is 18.7 Å². The molecule has 8 heteroatoms. The summed E-state index contributed by atoms with van der Waals surface area (Å²) >= 11 is 0. The Kier molecular flexibility index (Phi) is 6.20. The number of benzene rings is 1. The van der Waals surface area contributed by atoms with Crippen LogP contribution in [0.4, 0.5) is 14.5 Å². The molecule has 2 saturated heterocycles. The number of likely N-dealkylation sites (tertiary alicyclic amines) is 1. The zero-order valence-electron chi connectivity index (χ0n) is 16.3. The number of nitrogens with one attached hydrogen (secondary N) is 3. The summed E-state index contributed by atoms with van der Waals surface area (Å²) in [5, 5.41) is 19.3. The van der Waals surface area contributed by atoms with Crippen molar-refractivity contribution in [3.63, 3.8) is 0 Å². The van der Waals surface area contributed by atoms with E-state index < -0.39 is 23.4 Å². The minimum atomic E-state index is -1.08. The highest BCUT2D eigenvalue weighted by Gasteiger charge is 2.57. The Morgan fingerprint density at radius 3 is 2.54 bits per heavy atom. The number of nitrogens with zero attached hydrogens (tertiary/aromatic N) is 1. The standard InChI is InChI=1S/C20H28F2N4O2/c1-3-4-13(12-23-2)17-20(18(27)25-17)5-7-26(8-6-20)19(28)24-16-10-14(21)9-15(22)11-16/h9-12,17,19,23-24,28H,3-8H2,1-2H3,(H,25,27)/b13-12+. The van der Waals surface area contributed by atoms with Gasteiger partial charge in [-0.2, -0.15) is 0 Å². The number of carbonyl (C=O) groups excluding carboxylic acids is 1. The van der Waals surface area contributed by atoms with Crippen LogP contribution in [0.25, 0.3) is 0 Å². The molecule has 0 saturated carbocycles. The molecular weight excluding hydrogens is 366 g/mol. The monoisotopic (exact) mass is 394 g/mol. The van der Waals surface area contributed by atoms with E-state index in [0.717, 1.165) is 31.0 Å². The van der Waals surface area contributed by atoms with Crippen molar-refractivity contribution >= 4 is 11.6 Å². The van der Waals surface area contributed by atoms with E-state index in [1.807, 2.05) is 13.2 Å². The molecule has 2 atom stereocenters. The molecule has 154 valence electrons. The van der Waals surface area contributed by atoms with Crippen LogP contribution < -0.4 is 16.0 Å². The molecule has 3 rings (SSSR count). The topological polar surface area (TPSA) is 76.6 Å². The van der Waals surface area contributed by atoms with Gasteiger partial charge in [0, 0.05) is 31.9 Å². The minimum absolute atomic E-state index is 0.0111. The van der Waals surface area contributed by atoms with Gasteiger partial charge in [-0.3, -0.25) is 9.69 Å². The first kappa shape index (κ1) is 20.5. The number of hydrogen-bond acceptors (Lipinski definition) is 5. The number of amides is 1. The number of aliphatic hydroxyl groups excluding tert-OH is 1. The highest BCUT2D eigenvalue weighted by atomic mass is 19.1. The van der Waals surface area contributed by atoms with Gasteiger partial charge in [0.15, 0.2) is 6.35 Å². The third-order valence-electron chi connectivity index (χ3n) is 5.71. The second kappa shape index (κ2) is 8.45. The molecule has 0 radical (unpaired) electrons. The van der Waals surface area contributed by atoms with Gasteiger partial charge in [0.25, 0.3) is 0 Å². The van der Waals surface area contributed by atoms with Gasteiger partial charge in [0.05, 0.1) is 11.5 Å². The molecule has 2 unspecified atom stereocenters. The van der Waals surface area contributed by atoms with Crippen molar-refractivity contribution in [2.24, 2.45) is 5.41 Å². The Morgan fingerprint density at radius 2 is 2.00 bits per heavy atom. The Balaban J connectivity index is 1.64. The zero-order valence-corrected chi connectivity index (χ0v) is 16.3. The summed E-state index contributed by atoms with van der Waals surface area (Å²) < 4.78 is 26.7. The van der Waals surface area contributed by atoms with Crippen molar-refractivity contribution in [1.82, 2.24) is 15.5 Å². The lowest BCUT2D eigenvalue weighted by Crippen LogP contribution is -2.70. The normalized spacial score (nSPS) is 23.1. The number of piperidine rings is 1. The summed E-state index contributed by atoms with van der Waals surface area (Å²) in [6.07, 6.45) is 4.02.